The maximum absolute atomic E-state index is 12.8. The molecule has 0 amide bonds. The van der Waals surface area contributed by atoms with Gasteiger partial charge in [-0.15, -0.1) is 0 Å². The van der Waals surface area contributed by atoms with E-state index in [0.717, 1.165) is 0 Å². The second kappa shape index (κ2) is 9.11. The predicted molar refractivity (Wildman–Crippen MR) is 93.5 cm³/mol. The summed E-state index contributed by atoms with van der Waals surface area (Å²) in [6.45, 7) is 6.52. The van der Waals surface area contributed by atoms with Gasteiger partial charge >= 0.3 is 0 Å². The molecule has 0 rings (SSSR count). The molecule has 0 heterocycles. The third kappa shape index (κ3) is 4.33. The molecule has 0 aliphatic heterocycles. The Morgan fingerprint density at radius 3 is 1.48 bits per heavy atom. The highest BCUT2D eigenvalue weighted by Crippen LogP contribution is 2.36. The number of carbonyl (C=O) groups is 4. The summed E-state index contributed by atoms with van der Waals surface area (Å²) in [5.74, 6) is -8.94. The Bertz CT molecular complexity index is 596. The van der Waals surface area contributed by atoms with Crippen LogP contribution in [0.3, 0.4) is 0 Å². The number of carbonyl (C=O) groups excluding carboxylic acids is 4. The predicted octanol–water partition coefficient (Wildman–Crippen LogP) is -1.59. The van der Waals surface area contributed by atoms with Crippen LogP contribution in [0.25, 0.3) is 0 Å². The molecule has 0 aliphatic carbocycles. The molecule has 9 heteroatoms. The van der Waals surface area contributed by atoms with Crippen LogP contribution < -0.4 is 0 Å². The van der Waals surface area contributed by atoms with Crippen LogP contribution in [0.1, 0.15) is 41.5 Å². The number of hydrogen-bond donors (Lipinski definition) is 5. The second-order valence-electron chi connectivity index (χ2n) is 7.56. The standard InChI is InChI=1S/C18H30O9/c1-8(2)12(21)16(25)18(27,14(23)10(5)6)17(26,13(22)9(3)4)15(24)11(20)7-19/h8-11,15,19-20,24,26-27H,7H2,1-6H3/t11-,15-,17+,18+/m1/s1. The maximum Gasteiger partial charge on any atom is 0.241 e. The average molecular weight is 390 g/mol. The first-order valence-electron chi connectivity index (χ1n) is 8.71. The van der Waals surface area contributed by atoms with Gasteiger partial charge in [0.1, 0.15) is 12.2 Å². The van der Waals surface area contributed by atoms with Gasteiger partial charge in [-0.1, -0.05) is 41.5 Å². The lowest BCUT2D eigenvalue weighted by molar-refractivity contribution is -0.221. The van der Waals surface area contributed by atoms with Gasteiger partial charge in [0.25, 0.3) is 0 Å². The number of aliphatic hydroxyl groups is 5. The molecule has 4 atom stereocenters. The SMILES string of the molecule is CC(C)C(=O)C(=O)[C@@](O)(C(=O)C(C)C)[C@](O)(C(=O)C(C)C)[C@H](O)[C@H](O)CO. The van der Waals surface area contributed by atoms with E-state index in [1.165, 1.54) is 41.5 Å². The fourth-order valence-corrected chi connectivity index (χ4v) is 2.69. The fraction of sp³-hybridized carbons (Fsp3) is 0.778. The Morgan fingerprint density at radius 2 is 1.19 bits per heavy atom. The summed E-state index contributed by atoms with van der Waals surface area (Å²) in [7, 11) is 0. The summed E-state index contributed by atoms with van der Waals surface area (Å²) < 4.78 is 0. The first-order valence-corrected chi connectivity index (χ1v) is 8.71. The molecule has 0 aromatic rings. The highest BCUT2D eigenvalue weighted by atomic mass is 16.4. The van der Waals surface area contributed by atoms with E-state index in [0.29, 0.717) is 0 Å². The molecule has 0 saturated carbocycles. The van der Waals surface area contributed by atoms with Crippen molar-refractivity contribution in [1.82, 2.24) is 0 Å². The minimum absolute atomic E-state index is 0.984. The first kappa shape index (κ1) is 25.5. The van der Waals surface area contributed by atoms with Crippen molar-refractivity contribution in [3.05, 3.63) is 0 Å². The fourth-order valence-electron chi connectivity index (χ4n) is 2.69. The third-order valence-corrected chi connectivity index (χ3v) is 4.39. The Balaban J connectivity index is 6.99. The molecule has 0 aromatic carbocycles. The molecule has 5 N–H and O–H groups in total. The summed E-state index contributed by atoms with van der Waals surface area (Å²) in [6, 6.07) is 0. The third-order valence-electron chi connectivity index (χ3n) is 4.39. The van der Waals surface area contributed by atoms with Crippen LogP contribution in [-0.4, -0.2) is 78.7 Å². The summed E-state index contributed by atoms with van der Waals surface area (Å²) in [4.78, 5) is 50.4. The van der Waals surface area contributed by atoms with Gasteiger partial charge in [-0.25, -0.2) is 0 Å². The van der Waals surface area contributed by atoms with E-state index in [4.69, 9.17) is 5.11 Å². The molecule has 0 fully saturated rings. The van der Waals surface area contributed by atoms with E-state index in [9.17, 15) is 39.6 Å². The van der Waals surface area contributed by atoms with E-state index in [-0.39, 0.29) is 0 Å². The normalized spacial score (nSPS) is 18.7. The topological polar surface area (TPSA) is 169 Å². The molecule has 9 nitrogen and oxygen atoms in total. The zero-order valence-electron chi connectivity index (χ0n) is 16.5. The highest BCUT2D eigenvalue weighted by molar-refractivity contribution is 6.46. The van der Waals surface area contributed by atoms with Gasteiger partial charge < -0.3 is 25.5 Å². The van der Waals surface area contributed by atoms with E-state index in [2.05, 4.69) is 0 Å². The second-order valence-corrected chi connectivity index (χ2v) is 7.56. The van der Waals surface area contributed by atoms with E-state index < -0.39 is 70.9 Å². The van der Waals surface area contributed by atoms with Crippen molar-refractivity contribution in [2.24, 2.45) is 17.8 Å². The lowest BCUT2D eigenvalue weighted by Gasteiger charge is -2.45. The van der Waals surface area contributed by atoms with E-state index in [1.54, 1.807) is 0 Å². The lowest BCUT2D eigenvalue weighted by Crippen LogP contribution is -2.76. The number of rotatable bonds is 11. The van der Waals surface area contributed by atoms with Crippen molar-refractivity contribution in [1.29, 1.82) is 0 Å². The van der Waals surface area contributed by atoms with Gasteiger partial charge in [-0.3, -0.25) is 19.2 Å². The Labute approximate surface area is 158 Å². The van der Waals surface area contributed by atoms with Crippen LogP contribution in [0.5, 0.6) is 0 Å². The molecule has 0 aliphatic rings. The Hall–Kier alpha value is -1.52. The minimum Gasteiger partial charge on any atom is -0.394 e. The van der Waals surface area contributed by atoms with Crippen molar-refractivity contribution in [2.75, 3.05) is 6.61 Å². The van der Waals surface area contributed by atoms with Crippen LogP contribution >= 0.6 is 0 Å². The summed E-state index contributed by atoms with van der Waals surface area (Å²) in [5, 5.41) is 51.3. The average Bonchev–Trinajstić information content (AvgIpc) is 2.61. The van der Waals surface area contributed by atoms with Crippen molar-refractivity contribution in [2.45, 2.75) is 65.0 Å². The van der Waals surface area contributed by atoms with Crippen molar-refractivity contribution >= 4 is 23.1 Å². The number of ketones is 4. The Morgan fingerprint density at radius 1 is 0.778 bits per heavy atom. The number of aliphatic hydroxyl groups excluding tert-OH is 3. The zero-order valence-corrected chi connectivity index (χ0v) is 16.5. The van der Waals surface area contributed by atoms with Crippen molar-refractivity contribution in [3.63, 3.8) is 0 Å². The van der Waals surface area contributed by atoms with Gasteiger partial charge in [-0.05, 0) is 0 Å². The quantitative estimate of drug-likeness (QED) is 0.206. The molecule has 156 valence electrons. The molecule has 0 bridgehead atoms. The van der Waals surface area contributed by atoms with Gasteiger partial charge in [0.15, 0.2) is 17.2 Å². The summed E-state index contributed by atoms with van der Waals surface area (Å²) in [5.41, 5.74) is -7.19. The van der Waals surface area contributed by atoms with Crippen LogP contribution in [0.15, 0.2) is 0 Å². The number of Topliss-reactive ketones (excluding diaryl/α,β-unsaturated/α-hetero) is 4. The molecule has 0 spiro atoms. The zero-order chi connectivity index (χ0) is 21.9. The molecule has 0 radical (unpaired) electrons. The van der Waals surface area contributed by atoms with Crippen LogP contribution in [0.4, 0.5) is 0 Å². The molecule has 0 unspecified atom stereocenters. The van der Waals surface area contributed by atoms with E-state index >= 15 is 0 Å². The maximum atomic E-state index is 12.8. The minimum atomic E-state index is -3.64. The Kier molecular flexibility index (Phi) is 8.60. The van der Waals surface area contributed by atoms with Crippen LogP contribution in [0, 0.1) is 17.8 Å². The summed E-state index contributed by atoms with van der Waals surface area (Å²) >= 11 is 0. The lowest BCUT2D eigenvalue weighted by atomic mass is 9.64. The van der Waals surface area contributed by atoms with Crippen LogP contribution in [-0.2, 0) is 19.2 Å². The van der Waals surface area contributed by atoms with Crippen molar-refractivity contribution in [3.8, 4) is 0 Å². The molecular formula is C18H30O9. The van der Waals surface area contributed by atoms with Crippen LogP contribution in [0.2, 0.25) is 0 Å². The monoisotopic (exact) mass is 390 g/mol. The number of hydrogen-bond acceptors (Lipinski definition) is 9. The highest BCUT2D eigenvalue weighted by Gasteiger charge is 2.69. The molecule has 0 aromatic heterocycles. The molecule has 27 heavy (non-hydrogen) atoms. The smallest absolute Gasteiger partial charge is 0.241 e. The largest absolute Gasteiger partial charge is 0.394 e. The van der Waals surface area contributed by atoms with Gasteiger partial charge in [-0.2, -0.15) is 0 Å². The summed E-state index contributed by atoms with van der Waals surface area (Å²) in [6.07, 6.45) is -4.79. The van der Waals surface area contributed by atoms with E-state index in [1.807, 2.05) is 0 Å². The van der Waals surface area contributed by atoms with Gasteiger partial charge in [0.2, 0.25) is 17.2 Å². The first-order chi connectivity index (χ1) is 12.1. The van der Waals surface area contributed by atoms with Gasteiger partial charge in [0, 0.05) is 17.8 Å². The molecular weight excluding hydrogens is 360 g/mol. The van der Waals surface area contributed by atoms with Gasteiger partial charge in [0.05, 0.1) is 6.61 Å². The molecule has 0 saturated heterocycles. The van der Waals surface area contributed by atoms with Crippen molar-refractivity contribution < 1.29 is 44.7 Å².